The lowest BCUT2D eigenvalue weighted by Crippen LogP contribution is -2.41. The van der Waals surface area contributed by atoms with Gasteiger partial charge in [-0.05, 0) is 12.1 Å². The van der Waals surface area contributed by atoms with E-state index in [2.05, 4.69) is 15.3 Å². The monoisotopic (exact) mass is 358 g/mol. The number of hydrogen-bond donors (Lipinski definition) is 1. The van der Waals surface area contributed by atoms with Crippen LogP contribution in [0.25, 0.3) is 5.69 Å². The van der Waals surface area contributed by atoms with E-state index in [1.807, 2.05) is 6.07 Å². The van der Waals surface area contributed by atoms with Gasteiger partial charge in [-0.2, -0.15) is 9.78 Å². The molecular formula is C18H22N4O4. The number of morpholine rings is 1. The van der Waals surface area contributed by atoms with Crippen LogP contribution in [0.15, 0.2) is 41.2 Å². The molecule has 1 fully saturated rings. The third-order valence-electron chi connectivity index (χ3n) is 4.15. The number of ether oxygens (including phenoxy) is 2. The highest BCUT2D eigenvalue weighted by Crippen LogP contribution is 2.14. The van der Waals surface area contributed by atoms with Gasteiger partial charge in [0.05, 0.1) is 32.1 Å². The molecule has 0 unspecified atom stereocenters. The Hall–Kier alpha value is -2.71. The quantitative estimate of drug-likeness (QED) is 0.800. The molecule has 3 rings (SSSR count). The van der Waals surface area contributed by atoms with Crippen LogP contribution in [0.2, 0.25) is 0 Å². The number of carbonyl (C=O) groups is 1. The molecule has 0 aliphatic carbocycles. The summed E-state index contributed by atoms with van der Waals surface area (Å²) >= 11 is 0. The van der Waals surface area contributed by atoms with Crippen molar-refractivity contribution in [2.75, 3.05) is 46.5 Å². The number of methoxy groups -OCH3 is 1. The average molecular weight is 358 g/mol. The molecule has 0 bridgehead atoms. The van der Waals surface area contributed by atoms with Gasteiger partial charge >= 0.3 is 0 Å². The number of nitrogens with one attached hydrogen (secondary N) is 1. The molecule has 0 saturated carbocycles. The molecule has 0 radical (unpaired) electrons. The van der Waals surface area contributed by atoms with Crippen molar-refractivity contribution in [3.8, 4) is 11.4 Å². The molecule has 1 aliphatic rings. The van der Waals surface area contributed by atoms with E-state index in [1.165, 1.54) is 17.9 Å². The van der Waals surface area contributed by atoms with E-state index in [0.29, 0.717) is 25.4 Å². The third kappa shape index (κ3) is 4.27. The van der Waals surface area contributed by atoms with Crippen molar-refractivity contribution in [2.24, 2.45) is 0 Å². The summed E-state index contributed by atoms with van der Waals surface area (Å²) in [6, 6.07) is 10.2. The van der Waals surface area contributed by atoms with Crippen LogP contribution in [-0.2, 0) is 4.74 Å². The van der Waals surface area contributed by atoms with Crippen LogP contribution < -0.4 is 15.6 Å². The summed E-state index contributed by atoms with van der Waals surface area (Å²) in [6.07, 6.45) is 0. The van der Waals surface area contributed by atoms with E-state index in [0.717, 1.165) is 19.6 Å². The first-order chi connectivity index (χ1) is 12.7. The maximum absolute atomic E-state index is 12.5. The van der Waals surface area contributed by atoms with Crippen LogP contribution in [-0.4, -0.2) is 67.1 Å². The Balaban J connectivity index is 1.74. The van der Waals surface area contributed by atoms with E-state index in [1.54, 1.807) is 24.3 Å². The van der Waals surface area contributed by atoms with Gasteiger partial charge in [0.25, 0.3) is 11.5 Å². The Bertz CT molecular complexity index is 801. The lowest BCUT2D eigenvalue weighted by atomic mass is 10.3. The summed E-state index contributed by atoms with van der Waals surface area (Å²) in [5.74, 6) is -0.217. The standard InChI is InChI=1S/C18H22N4O4/c1-25-15-13-16(23)22(14-5-3-2-4-6-14)20-17(15)18(24)19-7-8-21-9-11-26-12-10-21/h2-6,13H,7-12H2,1H3,(H,19,24). The van der Waals surface area contributed by atoms with Crippen LogP contribution in [0.1, 0.15) is 10.5 Å². The summed E-state index contributed by atoms with van der Waals surface area (Å²) in [5.41, 5.74) is 0.304. The lowest BCUT2D eigenvalue weighted by molar-refractivity contribution is 0.0383. The molecule has 1 saturated heterocycles. The summed E-state index contributed by atoms with van der Waals surface area (Å²) in [5, 5.41) is 7.05. The maximum Gasteiger partial charge on any atom is 0.275 e. The molecule has 0 spiro atoms. The summed E-state index contributed by atoms with van der Waals surface area (Å²) in [6.45, 7) is 4.35. The normalized spacial score (nSPS) is 14.8. The van der Waals surface area contributed by atoms with Gasteiger partial charge in [-0.3, -0.25) is 14.5 Å². The minimum Gasteiger partial charge on any atom is -0.494 e. The minimum absolute atomic E-state index is 0.0814. The Morgan fingerprint density at radius 2 is 2.00 bits per heavy atom. The second-order valence-electron chi connectivity index (χ2n) is 5.86. The smallest absolute Gasteiger partial charge is 0.275 e. The zero-order valence-electron chi connectivity index (χ0n) is 14.7. The van der Waals surface area contributed by atoms with Gasteiger partial charge in [-0.15, -0.1) is 0 Å². The van der Waals surface area contributed by atoms with E-state index in [9.17, 15) is 9.59 Å². The van der Waals surface area contributed by atoms with Gasteiger partial charge in [0, 0.05) is 26.2 Å². The topological polar surface area (TPSA) is 85.7 Å². The van der Waals surface area contributed by atoms with Crippen LogP contribution in [0.3, 0.4) is 0 Å². The summed E-state index contributed by atoms with van der Waals surface area (Å²) in [7, 11) is 1.41. The summed E-state index contributed by atoms with van der Waals surface area (Å²) < 4.78 is 11.7. The number of carbonyl (C=O) groups excluding carboxylic acids is 1. The molecule has 2 aromatic rings. The van der Waals surface area contributed by atoms with Crippen molar-refractivity contribution < 1.29 is 14.3 Å². The Morgan fingerprint density at radius 1 is 1.27 bits per heavy atom. The molecular weight excluding hydrogens is 336 g/mol. The average Bonchev–Trinajstić information content (AvgIpc) is 2.69. The minimum atomic E-state index is -0.375. The van der Waals surface area contributed by atoms with Gasteiger partial charge in [0.2, 0.25) is 0 Å². The highest BCUT2D eigenvalue weighted by Gasteiger charge is 2.18. The molecule has 1 amide bonds. The molecule has 2 heterocycles. The Labute approximate surface area is 151 Å². The van der Waals surface area contributed by atoms with Crippen molar-refractivity contribution in [1.82, 2.24) is 20.0 Å². The fourth-order valence-corrected chi connectivity index (χ4v) is 2.74. The molecule has 1 aliphatic heterocycles. The number of hydrogen-bond acceptors (Lipinski definition) is 6. The van der Waals surface area contributed by atoms with Gasteiger partial charge in [-0.25, -0.2) is 0 Å². The van der Waals surface area contributed by atoms with E-state index >= 15 is 0 Å². The van der Waals surface area contributed by atoms with E-state index < -0.39 is 0 Å². The Morgan fingerprint density at radius 3 is 2.69 bits per heavy atom. The van der Waals surface area contributed by atoms with Crippen molar-refractivity contribution in [3.05, 3.63) is 52.4 Å². The second kappa shape index (κ2) is 8.59. The first kappa shape index (κ1) is 18.1. The molecule has 1 aromatic heterocycles. The number of benzene rings is 1. The molecule has 1 aromatic carbocycles. The second-order valence-corrected chi connectivity index (χ2v) is 5.86. The largest absolute Gasteiger partial charge is 0.494 e. The predicted molar refractivity (Wildman–Crippen MR) is 96.0 cm³/mol. The number of nitrogens with zero attached hydrogens (tertiary/aromatic N) is 3. The predicted octanol–water partition coefficient (Wildman–Crippen LogP) is 0.303. The molecule has 26 heavy (non-hydrogen) atoms. The SMILES string of the molecule is COc1cc(=O)n(-c2ccccc2)nc1C(=O)NCCN1CCOCC1. The van der Waals surface area contributed by atoms with Crippen molar-refractivity contribution in [3.63, 3.8) is 0 Å². The fourth-order valence-electron chi connectivity index (χ4n) is 2.74. The molecule has 1 N–H and O–H groups in total. The molecule has 0 atom stereocenters. The lowest BCUT2D eigenvalue weighted by Gasteiger charge is -2.26. The van der Waals surface area contributed by atoms with Crippen molar-refractivity contribution in [1.29, 1.82) is 0 Å². The zero-order chi connectivity index (χ0) is 18.4. The number of rotatable bonds is 6. The van der Waals surface area contributed by atoms with Crippen LogP contribution in [0.5, 0.6) is 5.75 Å². The molecule has 138 valence electrons. The first-order valence-corrected chi connectivity index (χ1v) is 8.51. The maximum atomic E-state index is 12.5. The fraction of sp³-hybridized carbons (Fsp3) is 0.389. The van der Waals surface area contributed by atoms with Crippen molar-refractivity contribution >= 4 is 5.91 Å². The highest BCUT2D eigenvalue weighted by molar-refractivity contribution is 5.94. The summed E-state index contributed by atoms with van der Waals surface area (Å²) in [4.78, 5) is 27.0. The highest BCUT2D eigenvalue weighted by atomic mass is 16.5. The third-order valence-corrected chi connectivity index (χ3v) is 4.15. The van der Waals surface area contributed by atoms with Crippen LogP contribution in [0, 0.1) is 0 Å². The van der Waals surface area contributed by atoms with Crippen molar-refractivity contribution in [2.45, 2.75) is 0 Å². The zero-order valence-corrected chi connectivity index (χ0v) is 14.7. The molecule has 8 nitrogen and oxygen atoms in total. The molecule has 8 heteroatoms. The first-order valence-electron chi connectivity index (χ1n) is 8.51. The number of amides is 1. The van der Waals surface area contributed by atoms with E-state index in [-0.39, 0.29) is 22.9 Å². The Kier molecular flexibility index (Phi) is 5.98. The van der Waals surface area contributed by atoms with Gasteiger partial charge < -0.3 is 14.8 Å². The van der Waals surface area contributed by atoms with Gasteiger partial charge in [0.1, 0.15) is 0 Å². The van der Waals surface area contributed by atoms with Crippen LogP contribution >= 0.6 is 0 Å². The van der Waals surface area contributed by atoms with Crippen LogP contribution in [0.4, 0.5) is 0 Å². The number of aromatic nitrogens is 2. The van der Waals surface area contributed by atoms with E-state index in [4.69, 9.17) is 9.47 Å². The van der Waals surface area contributed by atoms with Gasteiger partial charge in [0.15, 0.2) is 11.4 Å². The number of para-hydroxylation sites is 1. The van der Waals surface area contributed by atoms with Gasteiger partial charge in [-0.1, -0.05) is 18.2 Å².